The lowest BCUT2D eigenvalue weighted by Gasteiger charge is -2.21. The quantitative estimate of drug-likeness (QED) is 0.194. The maximum atomic E-state index is 11.3. The predicted octanol–water partition coefficient (Wildman–Crippen LogP) is 4.69. The van der Waals surface area contributed by atoms with Crippen molar-refractivity contribution in [3.63, 3.8) is 0 Å². The van der Waals surface area contributed by atoms with E-state index in [4.69, 9.17) is 14.6 Å². The molecule has 0 spiro atoms. The number of nitrogens with one attached hydrogen (secondary N) is 1. The molecule has 0 unspecified atom stereocenters. The summed E-state index contributed by atoms with van der Waals surface area (Å²) in [5.41, 5.74) is -1.15. The molecule has 0 aliphatic rings. The number of non-ortho nitro benzene ring substituents is 1. The number of carbonyl (C=O) groups is 2. The molecule has 0 saturated carbocycles. The molecule has 178 valence electrons. The monoisotopic (exact) mass is 444 g/mol. The van der Waals surface area contributed by atoms with Crippen LogP contribution < -0.4 is 10.1 Å². The van der Waals surface area contributed by atoms with Gasteiger partial charge in [0.15, 0.2) is 0 Å². The maximum absolute atomic E-state index is 11.3. The zero-order chi connectivity index (χ0) is 24.4. The second kappa shape index (κ2) is 16.9. The van der Waals surface area contributed by atoms with Crippen LogP contribution in [0, 0.1) is 16.0 Å². The number of amides is 1. The summed E-state index contributed by atoms with van der Waals surface area (Å²) >= 11 is 0. The van der Waals surface area contributed by atoms with Crippen LogP contribution in [0.5, 0.6) is 5.75 Å². The summed E-state index contributed by atoms with van der Waals surface area (Å²) in [6.07, 6.45) is 0.841. The molecule has 1 aromatic rings. The average Bonchev–Trinajstić information content (AvgIpc) is 2.72. The molecule has 0 saturated heterocycles. The van der Waals surface area contributed by atoms with E-state index in [1.165, 1.54) is 45.2 Å². The number of benzene rings is 1. The molecule has 31 heavy (non-hydrogen) atoms. The van der Waals surface area contributed by atoms with Gasteiger partial charge >= 0.3 is 12.2 Å². The maximum Gasteiger partial charge on any atom is 0.514 e. The summed E-state index contributed by atoms with van der Waals surface area (Å²) in [6, 6.07) is 4.98. The molecule has 1 aromatic carbocycles. The molecule has 10 heteroatoms. The first-order valence-electron chi connectivity index (χ1n) is 10.1. The molecule has 10 nitrogen and oxygen atoms in total. The Bertz CT molecular complexity index is 645. The molecule has 0 radical (unpaired) electrons. The van der Waals surface area contributed by atoms with E-state index >= 15 is 0 Å². The number of carbonyl (C=O) groups excluding carboxylic acids is 2. The van der Waals surface area contributed by atoms with Crippen LogP contribution in [-0.2, 0) is 9.47 Å². The van der Waals surface area contributed by atoms with Gasteiger partial charge in [-0.1, -0.05) is 27.7 Å². The third-order valence-corrected chi connectivity index (χ3v) is 3.40. The Morgan fingerprint density at radius 1 is 1.19 bits per heavy atom. The summed E-state index contributed by atoms with van der Waals surface area (Å²) in [6.45, 7) is 11.7. The lowest BCUT2D eigenvalue weighted by molar-refractivity contribution is -0.384. The normalized spacial score (nSPS) is 9.97. The second-order valence-corrected chi connectivity index (χ2v) is 7.08. The van der Waals surface area contributed by atoms with Crippen LogP contribution in [0.3, 0.4) is 0 Å². The number of ether oxygens (including phenoxy) is 3. The third kappa shape index (κ3) is 16.6. The summed E-state index contributed by atoms with van der Waals surface area (Å²) in [4.78, 5) is 31.7. The Morgan fingerprint density at radius 2 is 1.74 bits per heavy atom. The highest BCUT2D eigenvalue weighted by molar-refractivity contribution is 5.66. The van der Waals surface area contributed by atoms with E-state index in [2.05, 4.69) is 23.9 Å². The molecule has 0 atom stereocenters. The van der Waals surface area contributed by atoms with Crippen molar-refractivity contribution in [1.29, 1.82) is 0 Å². The second-order valence-electron chi connectivity index (χ2n) is 7.08. The molecule has 1 amide bonds. The van der Waals surface area contributed by atoms with Crippen molar-refractivity contribution in [3.05, 3.63) is 34.4 Å². The van der Waals surface area contributed by atoms with Crippen molar-refractivity contribution in [2.24, 2.45) is 5.92 Å². The van der Waals surface area contributed by atoms with Gasteiger partial charge in [0.2, 0.25) is 0 Å². The van der Waals surface area contributed by atoms with Crippen LogP contribution in [0.25, 0.3) is 0 Å². The largest absolute Gasteiger partial charge is 0.514 e. The number of hydrogen-bond donors (Lipinski definition) is 2. The number of hydrogen-bond acceptors (Lipinski definition) is 8. The Labute approximate surface area is 184 Å². The molecule has 0 bridgehead atoms. The Morgan fingerprint density at radius 3 is 2.16 bits per heavy atom. The highest BCUT2D eigenvalue weighted by Crippen LogP contribution is 2.18. The van der Waals surface area contributed by atoms with E-state index in [0.29, 0.717) is 12.5 Å². The van der Waals surface area contributed by atoms with Crippen LogP contribution in [0.15, 0.2) is 24.3 Å². The van der Waals surface area contributed by atoms with Crippen LogP contribution in [-0.4, -0.2) is 48.1 Å². The van der Waals surface area contributed by atoms with E-state index in [1.807, 2.05) is 13.8 Å². The van der Waals surface area contributed by atoms with Gasteiger partial charge in [-0.05, 0) is 44.7 Å². The third-order valence-electron chi connectivity index (χ3n) is 3.40. The smallest absolute Gasteiger partial charge is 0.453 e. The lowest BCUT2D eigenvalue weighted by Crippen LogP contribution is -2.33. The van der Waals surface area contributed by atoms with E-state index in [-0.39, 0.29) is 24.1 Å². The minimum absolute atomic E-state index is 0.105. The van der Waals surface area contributed by atoms with Gasteiger partial charge in [-0.3, -0.25) is 10.1 Å². The Hall–Kier alpha value is -2.88. The minimum Gasteiger partial charge on any atom is -0.453 e. The van der Waals surface area contributed by atoms with Gasteiger partial charge in [-0.25, -0.2) is 9.59 Å². The standard InChI is InChI=1S/C11H13NO6.C8H17NO2.C2H6/c1-11(2,7-13)18-10(14)17-9-5-3-8(4-6-9)12(15)16;1-7(2)5-4-6-9-8(10)11-3;1-2/h3-6,13H,7H2,1-2H3;7H,4-6H2,1-3H3,(H,9,10);1-2H3. The van der Waals surface area contributed by atoms with Gasteiger partial charge in [-0.2, -0.15) is 0 Å². The van der Waals surface area contributed by atoms with Crippen molar-refractivity contribution in [1.82, 2.24) is 5.32 Å². The van der Waals surface area contributed by atoms with Gasteiger partial charge in [0, 0.05) is 18.7 Å². The fourth-order valence-corrected chi connectivity index (χ4v) is 1.78. The van der Waals surface area contributed by atoms with Crippen molar-refractivity contribution < 1.29 is 33.8 Å². The van der Waals surface area contributed by atoms with Crippen molar-refractivity contribution in [2.75, 3.05) is 20.3 Å². The summed E-state index contributed by atoms with van der Waals surface area (Å²) in [7, 11) is 1.37. The number of alkyl carbamates (subject to hydrolysis) is 1. The van der Waals surface area contributed by atoms with Gasteiger partial charge < -0.3 is 24.6 Å². The number of aliphatic hydroxyl groups excluding tert-OH is 1. The van der Waals surface area contributed by atoms with Gasteiger partial charge in [0.25, 0.3) is 5.69 Å². The van der Waals surface area contributed by atoms with E-state index in [0.717, 1.165) is 12.8 Å². The predicted molar refractivity (Wildman–Crippen MR) is 117 cm³/mol. The molecule has 0 aliphatic carbocycles. The zero-order valence-electron chi connectivity index (χ0n) is 19.5. The van der Waals surface area contributed by atoms with Crippen molar-refractivity contribution >= 4 is 17.9 Å². The summed E-state index contributed by atoms with van der Waals surface area (Å²) in [5, 5.41) is 21.9. The highest BCUT2D eigenvalue weighted by atomic mass is 16.7. The van der Waals surface area contributed by atoms with Crippen LogP contribution in [0.1, 0.15) is 54.4 Å². The van der Waals surface area contributed by atoms with E-state index in [9.17, 15) is 19.7 Å². The molecule has 0 fully saturated rings. The number of rotatable bonds is 8. The average molecular weight is 445 g/mol. The SMILES string of the molecule is CC.CC(C)(CO)OC(=O)Oc1ccc([N+](=O)[O-])cc1.COC(=O)NCCCC(C)C. The van der Waals surface area contributed by atoms with Gasteiger partial charge in [0.05, 0.1) is 18.6 Å². The Kier molecular flexibility index (Phi) is 16.5. The summed E-state index contributed by atoms with van der Waals surface area (Å²) in [5.74, 6) is 0.828. The highest BCUT2D eigenvalue weighted by Gasteiger charge is 2.23. The Balaban J connectivity index is 0. The lowest BCUT2D eigenvalue weighted by atomic mass is 10.1. The van der Waals surface area contributed by atoms with Crippen molar-refractivity contribution in [2.45, 2.75) is 60.0 Å². The molecule has 1 rings (SSSR count). The van der Waals surface area contributed by atoms with Crippen molar-refractivity contribution in [3.8, 4) is 5.75 Å². The minimum atomic E-state index is -1.04. The van der Waals surface area contributed by atoms with Crippen LogP contribution in [0.2, 0.25) is 0 Å². The summed E-state index contributed by atoms with van der Waals surface area (Å²) < 4.78 is 14.0. The molecule has 2 N–H and O–H groups in total. The number of nitro groups is 1. The molecular formula is C21H36N2O8. The first kappa shape index (κ1) is 30.3. The zero-order valence-corrected chi connectivity index (χ0v) is 19.5. The fraction of sp³-hybridized carbons (Fsp3) is 0.619. The van der Waals surface area contributed by atoms with E-state index < -0.39 is 16.7 Å². The number of nitro benzene ring substituents is 1. The van der Waals surface area contributed by atoms with Crippen LogP contribution in [0.4, 0.5) is 15.3 Å². The number of nitrogens with zero attached hydrogens (tertiary/aromatic N) is 1. The first-order chi connectivity index (χ1) is 14.5. The molecular weight excluding hydrogens is 408 g/mol. The number of methoxy groups -OCH3 is 1. The van der Waals surface area contributed by atoms with Crippen LogP contribution >= 0.6 is 0 Å². The van der Waals surface area contributed by atoms with E-state index in [1.54, 1.807) is 0 Å². The first-order valence-corrected chi connectivity index (χ1v) is 10.1. The molecule has 0 aliphatic heterocycles. The van der Waals surface area contributed by atoms with Gasteiger partial charge in [-0.15, -0.1) is 0 Å². The molecule has 0 aromatic heterocycles. The topological polar surface area (TPSA) is 137 Å². The van der Waals surface area contributed by atoms with Gasteiger partial charge in [0.1, 0.15) is 11.4 Å². The molecule has 0 heterocycles. The number of aliphatic hydroxyl groups is 1. The fourth-order valence-electron chi connectivity index (χ4n) is 1.78.